The molecular formula is C14H13ClFNO3S. The first-order chi connectivity index (χ1) is 9.83. The Morgan fingerprint density at radius 2 is 1.95 bits per heavy atom. The van der Waals surface area contributed by atoms with E-state index in [1.54, 1.807) is 6.07 Å². The Balaban J connectivity index is 2.43. The van der Waals surface area contributed by atoms with Crippen LogP contribution in [0.25, 0.3) is 0 Å². The average Bonchev–Trinajstić information content (AvgIpc) is 2.42. The van der Waals surface area contributed by atoms with Gasteiger partial charge in [-0.25, -0.2) is 12.8 Å². The van der Waals surface area contributed by atoms with Crippen LogP contribution >= 0.6 is 11.6 Å². The van der Waals surface area contributed by atoms with Crippen LogP contribution in [0.3, 0.4) is 0 Å². The molecule has 4 nitrogen and oxygen atoms in total. The van der Waals surface area contributed by atoms with Crippen molar-refractivity contribution in [1.29, 1.82) is 0 Å². The third-order valence-electron chi connectivity index (χ3n) is 2.92. The van der Waals surface area contributed by atoms with Crippen molar-refractivity contribution in [2.24, 2.45) is 0 Å². The van der Waals surface area contributed by atoms with E-state index >= 15 is 0 Å². The summed E-state index contributed by atoms with van der Waals surface area (Å²) in [5, 5.41) is 0.203. The summed E-state index contributed by atoms with van der Waals surface area (Å²) in [5.41, 5.74) is 5.81. The normalized spacial score (nSPS) is 11.4. The molecule has 0 aliphatic heterocycles. The Labute approximate surface area is 127 Å². The van der Waals surface area contributed by atoms with E-state index in [0.717, 1.165) is 6.07 Å². The molecule has 0 spiro atoms. The zero-order valence-corrected chi connectivity index (χ0v) is 12.7. The molecule has 0 aliphatic rings. The number of nitrogens with two attached hydrogens (primary N) is 1. The number of nitrogen functional groups attached to an aromatic ring is 1. The first kappa shape index (κ1) is 15.6. The molecule has 0 saturated carbocycles. The van der Waals surface area contributed by atoms with E-state index in [1.165, 1.54) is 31.4 Å². The van der Waals surface area contributed by atoms with Crippen LogP contribution in [0.15, 0.2) is 41.3 Å². The third-order valence-corrected chi connectivity index (χ3v) is 4.87. The van der Waals surface area contributed by atoms with Crippen molar-refractivity contribution in [3.8, 4) is 5.75 Å². The minimum Gasteiger partial charge on any atom is -0.497 e. The monoisotopic (exact) mass is 329 g/mol. The number of hydrogen-bond donors (Lipinski definition) is 1. The van der Waals surface area contributed by atoms with Crippen molar-refractivity contribution in [1.82, 2.24) is 0 Å². The highest BCUT2D eigenvalue weighted by Gasteiger charge is 2.21. The SMILES string of the molecule is COc1ccc(N)c(S(=O)(=O)Cc2ccc(Cl)cc2F)c1. The van der Waals surface area contributed by atoms with E-state index in [1.807, 2.05) is 0 Å². The summed E-state index contributed by atoms with van der Waals surface area (Å²) < 4.78 is 43.5. The Kier molecular flexibility index (Phi) is 4.39. The van der Waals surface area contributed by atoms with Crippen molar-refractivity contribution in [2.75, 3.05) is 12.8 Å². The van der Waals surface area contributed by atoms with Crippen LogP contribution in [-0.2, 0) is 15.6 Å². The highest BCUT2D eigenvalue weighted by Crippen LogP contribution is 2.28. The first-order valence-electron chi connectivity index (χ1n) is 5.93. The van der Waals surface area contributed by atoms with E-state index in [4.69, 9.17) is 22.1 Å². The quantitative estimate of drug-likeness (QED) is 0.875. The van der Waals surface area contributed by atoms with Crippen LogP contribution in [-0.4, -0.2) is 15.5 Å². The molecule has 0 amide bonds. The van der Waals surface area contributed by atoms with Gasteiger partial charge in [0.25, 0.3) is 0 Å². The molecule has 0 fully saturated rings. The van der Waals surface area contributed by atoms with Gasteiger partial charge in [0.05, 0.1) is 23.4 Å². The lowest BCUT2D eigenvalue weighted by atomic mass is 10.2. The van der Waals surface area contributed by atoms with Crippen molar-refractivity contribution in [3.05, 3.63) is 52.8 Å². The molecule has 2 N–H and O–H groups in total. The molecule has 2 rings (SSSR count). The number of benzene rings is 2. The van der Waals surface area contributed by atoms with Crippen LogP contribution in [0.1, 0.15) is 5.56 Å². The maximum atomic E-state index is 13.7. The molecule has 112 valence electrons. The summed E-state index contributed by atoms with van der Waals surface area (Å²) in [4.78, 5) is -0.0869. The van der Waals surface area contributed by atoms with Gasteiger partial charge >= 0.3 is 0 Å². The fourth-order valence-electron chi connectivity index (χ4n) is 1.83. The van der Waals surface area contributed by atoms with Gasteiger partial charge in [0, 0.05) is 16.7 Å². The van der Waals surface area contributed by atoms with Gasteiger partial charge in [-0.1, -0.05) is 17.7 Å². The summed E-state index contributed by atoms with van der Waals surface area (Å²) in [6.45, 7) is 0. The third kappa shape index (κ3) is 3.46. The maximum Gasteiger partial charge on any atom is 0.184 e. The summed E-state index contributed by atoms with van der Waals surface area (Å²) in [6, 6.07) is 8.15. The molecule has 21 heavy (non-hydrogen) atoms. The highest BCUT2D eigenvalue weighted by atomic mass is 35.5. The lowest BCUT2D eigenvalue weighted by Crippen LogP contribution is -2.09. The smallest absolute Gasteiger partial charge is 0.184 e. The Bertz CT molecular complexity index is 778. The van der Waals surface area contributed by atoms with E-state index in [9.17, 15) is 12.8 Å². The van der Waals surface area contributed by atoms with Crippen LogP contribution in [0.5, 0.6) is 5.75 Å². The average molecular weight is 330 g/mol. The zero-order chi connectivity index (χ0) is 15.6. The minimum atomic E-state index is -3.80. The largest absolute Gasteiger partial charge is 0.497 e. The number of sulfone groups is 1. The molecular weight excluding hydrogens is 317 g/mol. The first-order valence-corrected chi connectivity index (χ1v) is 7.96. The summed E-state index contributed by atoms with van der Waals surface area (Å²) in [5.74, 6) is -0.820. The molecule has 0 radical (unpaired) electrons. The van der Waals surface area contributed by atoms with E-state index in [0.29, 0.717) is 5.75 Å². The highest BCUT2D eigenvalue weighted by molar-refractivity contribution is 7.90. The van der Waals surface area contributed by atoms with Gasteiger partial charge in [-0.05, 0) is 24.3 Å². The van der Waals surface area contributed by atoms with Gasteiger partial charge in [-0.2, -0.15) is 0 Å². The molecule has 0 heterocycles. The topological polar surface area (TPSA) is 69.4 Å². The van der Waals surface area contributed by atoms with Crippen LogP contribution < -0.4 is 10.5 Å². The predicted molar refractivity (Wildman–Crippen MR) is 79.7 cm³/mol. The lowest BCUT2D eigenvalue weighted by molar-refractivity contribution is 0.413. The summed E-state index contributed by atoms with van der Waals surface area (Å²) >= 11 is 5.64. The number of ether oxygens (including phenoxy) is 1. The molecule has 7 heteroatoms. The fourth-order valence-corrected chi connectivity index (χ4v) is 3.51. The standard InChI is InChI=1S/C14H13ClFNO3S/c1-20-11-4-5-13(17)14(7-11)21(18,19)8-9-2-3-10(15)6-12(9)16/h2-7H,8,17H2,1H3. The zero-order valence-electron chi connectivity index (χ0n) is 11.1. The Hall–Kier alpha value is -1.79. The molecule has 0 unspecified atom stereocenters. The summed E-state index contributed by atoms with van der Waals surface area (Å²) in [6.07, 6.45) is 0. The molecule has 0 bridgehead atoms. The van der Waals surface area contributed by atoms with Crippen LogP contribution in [0.4, 0.5) is 10.1 Å². The van der Waals surface area contributed by atoms with Crippen LogP contribution in [0, 0.1) is 5.82 Å². The number of methoxy groups -OCH3 is 1. The van der Waals surface area contributed by atoms with Gasteiger partial charge in [-0.3, -0.25) is 0 Å². The number of rotatable bonds is 4. The molecule has 2 aromatic carbocycles. The minimum absolute atomic E-state index is 0.0293. The van der Waals surface area contributed by atoms with Gasteiger partial charge in [0.15, 0.2) is 9.84 Å². The van der Waals surface area contributed by atoms with Crippen molar-refractivity contribution < 1.29 is 17.5 Å². The van der Waals surface area contributed by atoms with Gasteiger partial charge in [0.2, 0.25) is 0 Å². The summed E-state index contributed by atoms with van der Waals surface area (Å²) in [7, 11) is -2.38. The second kappa shape index (κ2) is 5.91. The number of halogens is 2. The number of hydrogen-bond acceptors (Lipinski definition) is 4. The lowest BCUT2D eigenvalue weighted by Gasteiger charge is -2.10. The van der Waals surface area contributed by atoms with Crippen molar-refractivity contribution in [3.63, 3.8) is 0 Å². The fraction of sp³-hybridized carbons (Fsp3) is 0.143. The van der Waals surface area contributed by atoms with Gasteiger partial charge in [0.1, 0.15) is 11.6 Å². The van der Waals surface area contributed by atoms with Crippen LogP contribution in [0.2, 0.25) is 5.02 Å². The van der Waals surface area contributed by atoms with Crippen molar-refractivity contribution in [2.45, 2.75) is 10.6 Å². The Morgan fingerprint density at radius 1 is 1.24 bits per heavy atom. The van der Waals surface area contributed by atoms with Gasteiger partial charge in [-0.15, -0.1) is 0 Å². The van der Waals surface area contributed by atoms with E-state index in [2.05, 4.69) is 0 Å². The second-order valence-corrected chi connectivity index (χ2v) is 6.79. The number of anilines is 1. The molecule has 0 atom stereocenters. The molecule has 0 aromatic heterocycles. The van der Waals surface area contributed by atoms with Crippen molar-refractivity contribution >= 4 is 27.1 Å². The Morgan fingerprint density at radius 3 is 2.57 bits per heavy atom. The molecule has 0 aliphatic carbocycles. The van der Waals surface area contributed by atoms with Gasteiger partial charge < -0.3 is 10.5 Å². The van der Waals surface area contributed by atoms with E-state index < -0.39 is 21.4 Å². The predicted octanol–water partition coefficient (Wildman–Crippen LogP) is 3.04. The van der Waals surface area contributed by atoms with E-state index in [-0.39, 0.29) is 21.2 Å². The second-order valence-electron chi connectivity index (χ2n) is 4.40. The molecule has 2 aromatic rings. The molecule has 0 saturated heterocycles. The maximum absolute atomic E-state index is 13.7.